The molecule has 208 valence electrons. The lowest BCUT2D eigenvalue weighted by molar-refractivity contribution is -0.147. The van der Waals surface area contributed by atoms with Crippen molar-refractivity contribution in [2.24, 2.45) is 21.7 Å². The number of rotatable bonds is 12. The molecule has 2 atom stereocenters. The van der Waals surface area contributed by atoms with E-state index in [1.165, 1.54) is 0 Å². The number of hydrogen-bond acceptors (Lipinski definition) is 4. The fourth-order valence-electron chi connectivity index (χ4n) is 4.51. The first-order chi connectivity index (χ1) is 16.9. The fraction of sp³-hybridized carbons (Fsp3) is 0.633. The fourth-order valence-corrected chi connectivity index (χ4v) is 7.80. The van der Waals surface area contributed by atoms with Gasteiger partial charge in [-0.05, 0) is 69.9 Å². The Morgan fingerprint density at radius 2 is 1.22 bits per heavy atom. The van der Waals surface area contributed by atoms with E-state index in [1.807, 2.05) is 44.2 Å². The Bertz CT molecular complexity index is 1080. The highest BCUT2D eigenvalue weighted by Gasteiger charge is 2.30. The maximum absolute atomic E-state index is 13.4. The van der Waals surface area contributed by atoms with Crippen LogP contribution in [0.4, 0.5) is 0 Å². The lowest BCUT2D eigenvalue weighted by atomic mass is 9.86. The highest BCUT2D eigenvalue weighted by molar-refractivity contribution is 7.93. The molecule has 0 fully saturated rings. The average Bonchev–Trinajstić information content (AvgIpc) is 2.76. The van der Waals surface area contributed by atoms with Crippen LogP contribution in [0.5, 0.6) is 0 Å². The molecule has 0 amide bonds. The van der Waals surface area contributed by atoms with Crippen LogP contribution in [-0.4, -0.2) is 31.2 Å². The van der Waals surface area contributed by atoms with Crippen molar-refractivity contribution >= 4 is 27.6 Å². The van der Waals surface area contributed by atoms with E-state index in [9.17, 15) is 23.4 Å². The Hall–Kier alpha value is -1.57. The van der Waals surface area contributed by atoms with E-state index in [0.717, 1.165) is 27.6 Å². The second-order valence-corrected chi connectivity index (χ2v) is 16.1. The van der Waals surface area contributed by atoms with Crippen LogP contribution in [0, 0.1) is 21.7 Å². The third-order valence-electron chi connectivity index (χ3n) is 6.92. The van der Waals surface area contributed by atoms with Gasteiger partial charge in [-0.3, -0.25) is 4.79 Å². The molecule has 0 aliphatic carbocycles. The van der Waals surface area contributed by atoms with Crippen molar-refractivity contribution in [3.63, 3.8) is 0 Å². The lowest BCUT2D eigenvalue weighted by Crippen LogP contribution is -2.23. The molecular formula is C30H46O5S2. The zero-order valence-electron chi connectivity index (χ0n) is 23.8. The predicted molar refractivity (Wildman–Crippen MR) is 155 cm³/mol. The average molecular weight is 551 g/mol. The van der Waals surface area contributed by atoms with Crippen LogP contribution in [0.15, 0.2) is 56.1 Å². The van der Waals surface area contributed by atoms with Gasteiger partial charge in [-0.2, -0.15) is 0 Å². The molecule has 0 aromatic carbocycles. The Balaban J connectivity index is 2.16. The van der Waals surface area contributed by atoms with Crippen molar-refractivity contribution in [3.05, 3.63) is 56.1 Å². The molecule has 2 aliphatic rings. The number of carboxylic acids is 1. The quantitative estimate of drug-likeness (QED) is 0.270. The summed E-state index contributed by atoms with van der Waals surface area (Å²) >= 11 is 0. The van der Waals surface area contributed by atoms with Crippen LogP contribution < -0.4 is 0 Å². The van der Waals surface area contributed by atoms with Gasteiger partial charge in [0.25, 0.3) is 0 Å². The number of hydrogen-bond donors (Lipinski definition) is 2. The zero-order valence-corrected chi connectivity index (χ0v) is 25.5. The van der Waals surface area contributed by atoms with Crippen LogP contribution in [-0.2, 0) is 26.4 Å². The van der Waals surface area contributed by atoms with Crippen molar-refractivity contribution in [2.75, 3.05) is 6.61 Å². The second-order valence-electron chi connectivity index (χ2n) is 13.0. The summed E-state index contributed by atoms with van der Waals surface area (Å²) in [6, 6.07) is 0. The van der Waals surface area contributed by atoms with Gasteiger partial charge in [-0.15, -0.1) is 0 Å². The molecule has 37 heavy (non-hydrogen) atoms. The van der Waals surface area contributed by atoms with Crippen LogP contribution in [0.1, 0.15) is 93.9 Å². The summed E-state index contributed by atoms with van der Waals surface area (Å²) in [7, 11) is -2.62. The molecule has 7 heteroatoms. The zero-order chi connectivity index (χ0) is 28.2. The number of aliphatic hydroxyl groups is 1. The minimum atomic E-state index is -1.34. The lowest BCUT2D eigenvalue weighted by Gasteiger charge is -2.27. The molecule has 2 heterocycles. The van der Waals surface area contributed by atoms with E-state index in [2.05, 4.69) is 33.8 Å². The Morgan fingerprint density at radius 3 is 1.59 bits per heavy atom. The van der Waals surface area contributed by atoms with Gasteiger partial charge < -0.3 is 10.2 Å². The second kappa shape index (κ2) is 12.1. The van der Waals surface area contributed by atoms with Gasteiger partial charge >= 0.3 is 5.97 Å². The first-order valence-electron chi connectivity index (χ1n) is 13.1. The number of carbonyl (C=O) groups is 1. The number of aliphatic hydroxyl groups excluding tert-OH is 1. The first-order valence-corrected chi connectivity index (χ1v) is 15.4. The molecule has 0 spiro atoms. The maximum atomic E-state index is 13.4. The Labute approximate surface area is 228 Å². The highest BCUT2D eigenvalue weighted by atomic mass is 32.2. The van der Waals surface area contributed by atoms with E-state index in [-0.39, 0.29) is 22.9 Å². The summed E-state index contributed by atoms with van der Waals surface area (Å²) in [6.07, 6.45) is 16.0. The minimum Gasteiger partial charge on any atom is -0.481 e. The van der Waals surface area contributed by atoms with Crippen LogP contribution >= 0.6 is 0 Å². The molecule has 2 rings (SSSR count). The molecular weight excluding hydrogens is 504 g/mol. The number of aliphatic carboxylic acids is 1. The van der Waals surface area contributed by atoms with E-state index >= 15 is 0 Å². The summed E-state index contributed by atoms with van der Waals surface area (Å²) in [5, 5.41) is 18.9. The monoisotopic (exact) mass is 550 g/mol. The van der Waals surface area contributed by atoms with Crippen molar-refractivity contribution in [2.45, 2.75) is 93.9 Å². The van der Waals surface area contributed by atoms with Gasteiger partial charge in [0.2, 0.25) is 0 Å². The standard InChI is InChI=1S/C30H46O5S2/c1-27(2,21-31)15-9-11-22-17-28(3,4)19-24(36(22)34)13-14-25-20-29(5,6)18-23(37(25)35)12-10-16-30(7,8)26(32)33/h13-14,17-20,31H,9-12,15-16,21H2,1-8H3,(H,32,33)/b14-13+. The summed E-state index contributed by atoms with van der Waals surface area (Å²) in [4.78, 5) is 14.6. The van der Waals surface area contributed by atoms with Gasteiger partial charge in [0.15, 0.2) is 0 Å². The van der Waals surface area contributed by atoms with Crippen LogP contribution in [0.3, 0.4) is 0 Å². The molecule has 0 radical (unpaired) electrons. The summed E-state index contributed by atoms with van der Waals surface area (Å²) in [5.41, 5.74) is -1.48. The van der Waals surface area contributed by atoms with Gasteiger partial charge in [0, 0.05) is 37.1 Å². The number of carboxylic acid groups (broad SMARTS) is 1. The van der Waals surface area contributed by atoms with Crippen molar-refractivity contribution in [3.8, 4) is 0 Å². The normalized spacial score (nSPS) is 23.8. The number of allylic oxidation sites excluding steroid dienone is 8. The van der Waals surface area contributed by atoms with Crippen LogP contribution in [0.25, 0.3) is 0 Å². The summed E-state index contributed by atoms with van der Waals surface area (Å²) in [6.45, 7) is 15.9. The van der Waals surface area contributed by atoms with E-state index in [4.69, 9.17) is 0 Å². The third-order valence-corrected chi connectivity index (χ3v) is 9.88. The molecule has 5 nitrogen and oxygen atoms in total. The van der Waals surface area contributed by atoms with Gasteiger partial charge in [-0.1, -0.05) is 65.8 Å². The molecule has 0 saturated carbocycles. The molecule has 2 N–H and O–H groups in total. The third kappa shape index (κ3) is 9.29. The molecule has 2 unspecified atom stereocenters. The summed E-state index contributed by atoms with van der Waals surface area (Å²) in [5.74, 6) is -0.822. The van der Waals surface area contributed by atoms with Crippen molar-refractivity contribution < 1.29 is 23.4 Å². The first kappa shape index (κ1) is 31.6. The molecule has 0 bridgehead atoms. The van der Waals surface area contributed by atoms with Gasteiger partial charge in [-0.25, -0.2) is 8.42 Å². The maximum Gasteiger partial charge on any atom is 0.309 e. The SMILES string of the molecule is CC1(C)C=C(/C=C/C2=CC(C)(C)C=C(CCCC(C)(C)C(=O)O)S2=O)S(=O)C(CCCC(C)(C)CO)=C1. The largest absolute Gasteiger partial charge is 0.481 e. The van der Waals surface area contributed by atoms with Gasteiger partial charge in [0.1, 0.15) is 0 Å². The summed E-state index contributed by atoms with van der Waals surface area (Å²) < 4.78 is 26.8. The van der Waals surface area contributed by atoms with Crippen LogP contribution in [0.2, 0.25) is 0 Å². The molecule has 0 saturated heterocycles. The topological polar surface area (TPSA) is 91.7 Å². The van der Waals surface area contributed by atoms with E-state index in [0.29, 0.717) is 30.6 Å². The smallest absolute Gasteiger partial charge is 0.309 e. The van der Waals surface area contributed by atoms with Gasteiger partial charge in [0.05, 0.1) is 27.0 Å². The van der Waals surface area contributed by atoms with Crippen molar-refractivity contribution in [1.29, 1.82) is 0 Å². The predicted octanol–water partition coefficient (Wildman–Crippen LogP) is 7.13. The Kier molecular flexibility index (Phi) is 10.3. The molecule has 0 aromatic heterocycles. The minimum absolute atomic E-state index is 0.130. The molecule has 2 aliphatic heterocycles. The highest BCUT2D eigenvalue weighted by Crippen LogP contribution is 2.38. The van der Waals surface area contributed by atoms with E-state index < -0.39 is 33.0 Å². The molecule has 0 aromatic rings. The van der Waals surface area contributed by atoms with E-state index in [1.54, 1.807) is 13.8 Å². The van der Waals surface area contributed by atoms with Crippen molar-refractivity contribution in [1.82, 2.24) is 0 Å². The Morgan fingerprint density at radius 1 is 0.811 bits per heavy atom.